The van der Waals surface area contributed by atoms with Crippen LogP contribution in [0.2, 0.25) is 0 Å². The number of piperidine rings is 1. The van der Waals surface area contributed by atoms with E-state index in [2.05, 4.69) is 41.2 Å². The van der Waals surface area contributed by atoms with Gasteiger partial charge in [-0.05, 0) is 63.4 Å². The lowest BCUT2D eigenvalue weighted by Gasteiger charge is -2.29. The quantitative estimate of drug-likeness (QED) is 0.489. The molecular formula is C23H29N7S. The van der Waals surface area contributed by atoms with Crippen LogP contribution in [0.4, 0.5) is 5.82 Å². The third-order valence-electron chi connectivity index (χ3n) is 6.34. The Morgan fingerprint density at radius 1 is 1.13 bits per heavy atom. The summed E-state index contributed by atoms with van der Waals surface area (Å²) in [6.45, 7) is 10.5. The van der Waals surface area contributed by atoms with E-state index < -0.39 is 0 Å². The van der Waals surface area contributed by atoms with Gasteiger partial charge in [0.15, 0.2) is 5.65 Å². The molecule has 5 heterocycles. The third kappa shape index (κ3) is 4.14. The molecule has 1 saturated heterocycles. The lowest BCUT2D eigenvalue weighted by atomic mass is 9.99. The molecule has 31 heavy (non-hydrogen) atoms. The van der Waals surface area contributed by atoms with E-state index in [1.54, 1.807) is 11.3 Å². The van der Waals surface area contributed by atoms with E-state index in [4.69, 9.17) is 9.97 Å². The van der Waals surface area contributed by atoms with Gasteiger partial charge in [0.05, 0.1) is 11.9 Å². The Labute approximate surface area is 186 Å². The maximum atomic E-state index is 4.97. The maximum Gasteiger partial charge on any atom is 0.160 e. The highest BCUT2D eigenvalue weighted by atomic mass is 32.1. The van der Waals surface area contributed by atoms with Crippen molar-refractivity contribution in [2.75, 3.05) is 25.0 Å². The smallest absolute Gasteiger partial charge is 0.160 e. The molecule has 1 aliphatic heterocycles. The second kappa shape index (κ2) is 8.51. The molecule has 5 rings (SSSR count). The first kappa shape index (κ1) is 20.3. The average Bonchev–Trinajstić information content (AvgIpc) is 3.30. The van der Waals surface area contributed by atoms with Gasteiger partial charge in [0.1, 0.15) is 22.3 Å². The second-order valence-electron chi connectivity index (χ2n) is 8.63. The summed E-state index contributed by atoms with van der Waals surface area (Å²) in [5.41, 5.74) is 2.15. The van der Waals surface area contributed by atoms with Crippen LogP contribution in [0.1, 0.15) is 41.9 Å². The Morgan fingerprint density at radius 2 is 1.97 bits per heavy atom. The van der Waals surface area contributed by atoms with Crippen LogP contribution in [-0.2, 0) is 13.0 Å². The lowest BCUT2D eigenvalue weighted by molar-refractivity contribution is 0.181. The number of nitrogens with one attached hydrogen (secondary N) is 1. The summed E-state index contributed by atoms with van der Waals surface area (Å²) < 4.78 is 2.04. The number of rotatable bonds is 6. The van der Waals surface area contributed by atoms with E-state index in [0.29, 0.717) is 0 Å². The van der Waals surface area contributed by atoms with E-state index in [1.165, 1.54) is 23.3 Å². The molecule has 0 aliphatic carbocycles. The van der Waals surface area contributed by atoms with Crippen molar-refractivity contribution in [3.05, 3.63) is 46.5 Å². The van der Waals surface area contributed by atoms with Gasteiger partial charge < -0.3 is 5.32 Å². The normalized spacial score (nSPS) is 15.8. The largest absolute Gasteiger partial charge is 0.369 e. The summed E-state index contributed by atoms with van der Waals surface area (Å²) in [6.07, 6.45) is 5.31. The lowest BCUT2D eigenvalue weighted by Crippen LogP contribution is -2.33. The van der Waals surface area contributed by atoms with Crippen LogP contribution in [-0.4, -0.2) is 49.1 Å². The minimum absolute atomic E-state index is 0.747. The van der Waals surface area contributed by atoms with Crippen molar-refractivity contribution in [2.24, 2.45) is 5.92 Å². The van der Waals surface area contributed by atoms with Gasteiger partial charge in [-0.2, -0.15) is 0 Å². The molecule has 8 heteroatoms. The second-order valence-corrected chi connectivity index (χ2v) is 9.84. The molecule has 4 aromatic heterocycles. The molecule has 4 aromatic rings. The van der Waals surface area contributed by atoms with E-state index >= 15 is 0 Å². The molecule has 0 aromatic carbocycles. The number of nitrogens with zero attached hydrogens (tertiary/aromatic N) is 6. The minimum Gasteiger partial charge on any atom is -0.369 e. The van der Waals surface area contributed by atoms with Crippen LogP contribution in [0.5, 0.6) is 0 Å². The Bertz CT molecular complexity index is 1200. The predicted molar refractivity (Wildman–Crippen MR) is 126 cm³/mol. The van der Waals surface area contributed by atoms with E-state index in [0.717, 1.165) is 71.8 Å². The molecule has 162 valence electrons. The van der Waals surface area contributed by atoms with E-state index in [-0.39, 0.29) is 0 Å². The summed E-state index contributed by atoms with van der Waals surface area (Å²) in [5.74, 6) is 3.64. The monoisotopic (exact) mass is 435 g/mol. The fourth-order valence-corrected chi connectivity index (χ4v) is 5.31. The van der Waals surface area contributed by atoms with Crippen molar-refractivity contribution >= 4 is 33.0 Å². The average molecular weight is 436 g/mol. The zero-order chi connectivity index (χ0) is 21.4. The number of hydrogen-bond acceptors (Lipinski definition) is 7. The number of likely N-dealkylation sites (tertiary alicyclic amines) is 1. The summed E-state index contributed by atoms with van der Waals surface area (Å²) in [6, 6.07) is 5.96. The SMILES string of the molecule is Cc1sc2nc(CN3CCC(C)CC3)nc(NCCc3nnc4ccccn34)c2c1C. The van der Waals surface area contributed by atoms with Crippen molar-refractivity contribution < 1.29 is 0 Å². The van der Waals surface area contributed by atoms with E-state index in [1.807, 2.05) is 28.8 Å². The zero-order valence-corrected chi connectivity index (χ0v) is 19.2. The van der Waals surface area contributed by atoms with Crippen molar-refractivity contribution in [1.82, 2.24) is 29.5 Å². The third-order valence-corrected chi connectivity index (χ3v) is 7.44. The molecule has 0 saturated carbocycles. The summed E-state index contributed by atoms with van der Waals surface area (Å²) in [4.78, 5) is 14.8. The van der Waals surface area contributed by atoms with Crippen LogP contribution in [0.3, 0.4) is 0 Å². The van der Waals surface area contributed by atoms with Gasteiger partial charge in [-0.15, -0.1) is 21.5 Å². The molecule has 7 nitrogen and oxygen atoms in total. The highest BCUT2D eigenvalue weighted by Crippen LogP contribution is 2.33. The molecule has 0 amide bonds. The van der Waals surface area contributed by atoms with Crippen LogP contribution in [0.25, 0.3) is 15.9 Å². The van der Waals surface area contributed by atoms with Crippen LogP contribution < -0.4 is 5.32 Å². The highest BCUT2D eigenvalue weighted by molar-refractivity contribution is 7.18. The summed E-state index contributed by atoms with van der Waals surface area (Å²) in [5, 5.41) is 13.3. The van der Waals surface area contributed by atoms with Crippen molar-refractivity contribution in [3.63, 3.8) is 0 Å². The molecule has 0 spiro atoms. The summed E-state index contributed by atoms with van der Waals surface area (Å²) in [7, 11) is 0. The van der Waals surface area contributed by atoms with E-state index in [9.17, 15) is 0 Å². The van der Waals surface area contributed by atoms with Crippen molar-refractivity contribution in [3.8, 4) is 0 Å². The maximum absolute atomic E-state index is 4.97. The fraction of sp³-hybridized carbons (Fsp3) is 0.478. The molecule has 1 fully saturated rings. The van der Waals surface area contributed by atoms with Gasteiger partial charge in [-0.25, -0.2) is 9.97 Å². The van der Waals surface area contributed by atoms with Gasteiger partial charge >= 0.3 is 0 Å². The predicted octanol–water partition coefficient (Wildman–Crippen LogP) is 4.24. The number of aryl methyl sites for hydroxylation is 2. The molecule has 0 atom stereocenters. The molecule has 1 aliphatic rings. The van der Waals surface area contributed by atoms with Gasteiger partial charge in [0.2, 0.25) is 0 Å². The number of pyridine rings is 1. The van der Waals surface area contributed by atoms with Gasteiger partial charge in [-0.3, -0.25) is 9.30 Å². The molecule has 0 radical (unpaired) electrons. The highest BCUT2D eigenvalue weighted by Gasteiger charge is 2.19. The number of anilines is 1. The Balaban J connectivity index is 1.37. The van der Waals surface area contributed by atoms with Crippen molar-refractivity contribution in [2.45, 2.75) is 46.6 Å². The standard InChI is InChI=1S/C23H29N7S/c1-15-8-12-29(13-9-15)14-18-25-22(21-16(2)17(3)31-23(21)26-18)24-10-7-20-28-27-19-6-4-5-11-30(19)20/h4-6,11,15H,7-10,12-14H2,1-3H3,(H,24,25,26). The number of hydrogen-bond donors (Lipinski definition) is 1. The first-order valence-corrected chi connectivity index (χ1v) is 11.9. The van der Waals surface area contributed by atoms with Crippen LogP contribution in [0.15, 0.2) is 24.4 Å². The molecule has 0 unspecified atom stereocenters. The number of fused-ring (bicyclic) bond motifs is 2. The Morgan fingerprint density at radius 3 is 2.81 bits per heavy atom. The Hall–Kier alpha value is -2.58. The van der Waals surface area contributed by atoms with Gasteiger partial charge in [0, 0.05) is 24.0 Å². The number of thiophene rings is 1. The number of aromatic nitrogens is 5. The van der Waals surface area contributed by atoms with Crippen LogP contribution >= 0.6 is 11.3 Å². The molecular weight excluding hydrogens is 406 g/mol. The first-order chi connectivity index (χ1) is 15.1. The topological polar surface area (TPSA) is 71.2 Å². The first-order valence-electron chi connectivity index (χ1n) is 11.1. The minimum atomic E-state index is 0.747. The zero-order valence-electron chi connectivity index (χ0n) is 18.4. The van der Waals surface area contributed by atoms with Crippen LogP contribution in [0, 0.1) is 19.8 Å². The summed E-state index contributed by atoms with van der Waals surface area (Å²) >= 11 is 1.77. The van der Waals surface area contributed by atoms with Gasteiger partial charge in [-0.1, -0.05) is 13.0 Å². The van der Waals surface area contributed by atoms with Crippen molar-refractivity contribution in [1.29, 1.82) is 0 Å². The Kier molecular flexibility index (Phi) is 5.58. The van der Waals surface area contributed by atoms with Gasteiger partial charge in [0.25, 0.3) is 0 Å². The molecule has 0 bridgehead atoms. The molecule has 1 N–H and O–H groups in total. The fourth-order valence-electron chi connectivity index (χ4n) is 4.27.